The molecular weight excluding hydrogens is 410 g/mol. The molecule has 0 aliphatic heterocycles. The summed E-state index contributed by atoms with van der Waals surface area (Å²) in [5, 5.41) is 6.91. The predicted octanol–water partition coefficient (Wildman–Crippen LogP) is 4.50. The van der Waals surface area contributed by atoms with Crippen LogP contribution in [0.25, 0.3) is 11.3 Å². The van der Waals surface area contributed by atoms with Gasteiger partial charge in [0.05, 0.1) is 5.56 Å². The summed E-state index contributed by atoms with van der Waals surface area (Å²) in [6.45, 7) is 7.38. The molecule has 27 heavy (non-hydrogen) atoms. The second kappa shape index (κ2) is 7.15. The van der Waals surface area contributed by atoms with E-state index in [2.05, 4.69) is 31.4 Å². The normalized spacial score (nSPS) is 11.4. The Morgan fingerprint density at radius 1 is 1.19 bits per heavy atom. The van der Waals surface area contributed by atoms with Gasteiger partial charge in [-0.2, -0.15) is 0 Å². The molecule has 0 bridgehead atoms. The number of aromatic nitrogens is 2. The lowest BCUT2D eigenvalue weighted by Crippen LogP contribution is -2.40. The zero-order valence-electron chi connectivity index (χ0n) is 15.5. The van der Waals surface area contributed by atoms with Crippen LogP contribution in [0.15, 0.2) is 45.5 Å². The van der Waals surface area contributed by atoms with E-state index >= 15 is 0 Å². The van der Waals surface area contributed by atoms with Gasteiger partial charge in [0.1, 0.15) is 17.1 Å². The standard InChI is InChI=1S/C20H20BrN3O3/c1-11-16(17(24-27-11)12-5-7-14(21)8-6-12)18(25)13-9-15(22-10-13)19(26)23-20(2,3)4/h5-10,22H,1-4H3,(H,23,26). The van der Waals surface area contributed by atoms with Gasteiger partial charge in [0.15, 0.2) is 5.78 Å². The molecule has 0 aliphatic rings. The molecule has 1 amide bonds. The molecule has 0 spiro atoms. The Hall–Kier alpha value is -2.67. The third kappa shape index (κ3) is 4.19. The van der Waals surface area contributed by atoms with Crippen LogP contribution in [0.1, 0.15) is 52.9 Å². The van der Waals surface area contributed by atoms with Crippen molar-refractivity contribution < 1.29 is 14.1 Å². The van der Waals surface area contributed by atoms with E-state index in [9.17, 15) is 9.59 Å². The third-order valence-electron chi connectivity index (χ3n) is 3.89. The minimum atomic E-state index is -0.369. The number of aromatic amines is 1. The van der Waals surface area contributed by atoms with Crippen LogP contribution in [-0.2, 0) is 0 Å². The largest absolute Gasteiger partial charge is 0.360 e. The van der Waals surface area contributed by atoms with Gasteiger partial charge in [-0.3, -0.25) is 9.59 Å². The zero-order chi connectivity index (χ0) is 19.8. The molecule has 0 aliphatic carbocycles. The molecular formula is C20H20BrN3O3. The van der Waals surface area contributed by atoms with Gasteiger partial charge in [0.25, 0.3) is 5.91 Å². The molecule has 1 aromatic carbocycles. The number of ketones is 1. The SMILES string of the molecule is Cc1onc(-c2ccc(Br)cc2)c1C(=O)c1c[nH]c(C(=O)NC(C)(C)C)c1. The minimum absolute atomic E-state index is 0.252. The highest BCUT2D eigenvalue weighted by Crippen LogP contribution is 2.28. The summed E-state index contributed by atoms with van der Waals surface area (Å²) in [5.41, 5.74) is 1.98. The van der Waals surface area contributed by atoms with E-state index in [0.29, 0.717) is 28.3 Å². The van der Waals surface area contributed by atoms with Crippen molar-refractivity contribution in [3.05, 3.63) is 63.6 Å². The molecule has 0 unspecified atom stereocenters. The van der Waals surface area contributed by atoms with Gasteiger partial charge < -0.3 is 14.8 Å². The molecule has 2 aromatic heterocycles. The molecule has 3 aromatic rings. The van der Waals surface area contributed by atoms with Crippen molar-refractivity contribution in [3.63, 3.8) is 0 Å². The second-order valence-electron chi connectivity index (χ2n) is 7.30. The number of amides is 1. The lowest BCUT2D eigenvalue weighted by atomic mass is 9.99. The third-order valence-corrected chi connectivity index (χ3v) is 4.41. The summed E-state index contributed by atoms with van der Waals surface area (Å²) in [4.78, 5) is 28.2. The van der Waals surface area contributed by atoms with Crippen LogP contribution in [-0.4, -0.2) is 27.4 Å². The Morgan fingerprint density at radius 2 is 1.85 bits per heavy atom. The summed E-state index contributed by atoms with van der Waals surface area (Å²) in [7, 11) is 0. The van der Waals surface area contributed by atoms with E-state index in [0.717, 1.165) is 10.0 Å². The molecule has 7 heteroatoms. The number of nitrogens with zero attached hydrogens (tertiary/aromatic N) is 1. The number of hydrogen-bond donors (Lipinski definition) is 2. The smallest absolute Gasteiger partial charge is 0.268 e. The lowest BCUT2D eigenvalue weighted by molar-refractivity contribution is 0.0915. The van der Waals surface area contributed by atoms with Crippen LogP contribution in [0.2, 0.25) is 0 Å². The molecule has 2 heterocycles. The Labute approximate surface area is 165 Å². The van der Waals surface area contributed by atoms with E-state index in [1.807, 2.05) is 45.0 Å². The van der Waals surface area contributed by atoms with Crippen LogP contribution in [0, 0.1) is 6.92 Å². The number of nitrogens with one attached hydrogen (secondary N) is 2. The molecule has 0 saturated heterocycles. The number of aryl methyl sites for hydroxylation is 1. The minimum Gasteiger partial charge on any atom is -0.360 e. The molecule has 6 nitrogen and oxygen atoms in total. The fourth-order valence-electron chi connectivity index (χ4n) is 2.65. The maximum atomic E-state index is 13.0. The Balaban J connectivity index is 1.93. The average Bonchev–Trinajstić information content (AvgIpc) is 3.21. The van der Waals surface area contributed by atoms with Crippen molar-refractivity contribution in [1.29, 1.82) is 0 Å². The molecule has 2 N–H and O–H groups in total. The van der Waals surface area contributed by atoms with Gasteiger partial charge >= 0.3 is 0 Å². The van der Waals surface area contributed by atoms with Crippen molar-refractivity contribution in [2.75, 3.05) is 0 Å². The van der Waals surface area contributed by atoms with E-state index in [4.69, 9.17) is 4.52 Å². The molecule has 3 rings (SSSR count). The van der Waals surface area contributed by atoms with Gasteiger partial charge in [-0.25, -0.2) is 0 Å². The molecule has 0 fully saturated rings. The number of carbonyl (C=O) groups is 2. The van der Waals surface area contributed by atoms with Gasteiger partial charge in [-0.1, -0.05) is 33.2 Å². The number of H-pyrrole nitrogens is 1. The first-order valence-corrected chi connectivity index (χ1v) is 9.23. The van der Waals surface area contributed by atoms with Crippen molar-refractivity contribution >= 4 is 27.6 Å². The van der Waals surface area contributed by atoms with Crippen LogP contribution in [0.4, 0.5) is 0 Å². The van der Waals surface area contributed by atoms with Gasteiger partial charge in [-0.05, 0) is 45.9 Å². The molecule has 0 radical (unpaired) electrons. The summed E-state index contributed by atoms with van der Waals surface area (Å²) in [6, 6.07) is 9.01. The van der Waals surface area contributed by atoms with Gasteiger partial charge in [-0.15, -0.1) is 0 Å². The fourth-order valence-corrected chi connectivity index (χ4v) is 2.92. The number of carbonyl (C=O) groups excluding carboxylic acids is 2. The lowest BCUT2D eigenvalue weighted by Gasteiger charge is -2.19. The quantitative estimate of drug-likeness (QED) is 0.597. The van der Waals surface area contributed by atoms with Crippen molar-refractivity contribution in [2.45, 2.75) is 33.2 Å². The molecule has 0 saturated carbocycles. The number of benzene rings is 1. The topological polar surface area (TPSA) is 88.0 Å². The monoisotopic (exact) mass is 429 g/mol. The summed E-state index contributed by atoms with van der Waals surface area (Å²) >= 11 is 3.39. The highest BCUT2D eigenvalue weighted by molar-refractivity contribution is 9.10. The Morgan fingerprint density at radius 3 is 2.48 bits per heavy atom. The fraction of sp³-hybridized carbons (Fsp3) is 0.250. The summed E-state index contributed by atoms with van der Waals surface area (Å²) in [6.07, 6.45) is 1.53. The van der Waals surface area contributed by atoms with E-state index < -0.39 is 0 Å². The van der Waals surface area contributed by atoms with Crippen molar-refractivity contribution in [3.8, 4) is 11.3 Å². The maximum absolute atomic E-state index is 13.0. The highest BCUT2D eigenvalue weighted by Gasteiger charge is 2.25. The van der Waals surface area contributed by atoms with Crippen LogP contribution in [0.3, 0.4) is 0 Å². The first-order valence-electron chi connectivity index (χ1n) is 8.43. The average molecular weight is 430 g/mol. The second-order valence-corrected chi connectivity index (χ2v) is 8.22. The number of rotatable bonds is 4. The van der Waals surface area contributed by atoms with E-state index in [1.54, 1.807) is 13.0 Å². The van der Waals surface area contributed by atoms with Crippen molar-refractivity contribution in [1.82, 2.24) is 15.5 Å². The van der Waals surface area contributed by atoms with Crippen LogP contribution >= 0.6 is 15.9 Å². The van der Waals surface area contributed by atoms with Gasteiger partial charge in [0, 0.05) is 27.3 Å². The Kier molecular flexibility index (Phi) is 5.06. The molecule has 140 valence electrons. The maximum Gasteiger partial charge on any atom is 0.268 e. The predicted molar refractivity (Wildman–Crippen MR) is 106 cm³/mol. The van der Waals surface area contributed by atoms with E-state index in [1.165, 1.54) is 6.20 Å². The van der Waals surface area contributed by atoms with E-state index in [-0.39, 0.29) is 17.2 Å². The van der Waals surface area contributed by atoms with Crippen LogP contribution in [0.5, 0.6) is 0 Å². The van der Waals surface area contributed by atoms with Gasteiger partial charge in [0.2, 0.25) is 0 Å². The first kappa shape index (κ1) is 19.1. The van der Waals surface area contributed by atoms with Crippen LogP contribution < -0.4 is 5.32 Å². The first-order chi connectivity index (χ1) is 12.7. The number of hydrogen-bond acceptors (Lipinski definition) is 4. The zero-order valence-corrected chi connectivity index (χ0v) is 17.1. The Bertz CT molecular complexity index is 994. The summed E-state index contributed by atoms with van der Waals surface area (Å²) < 4.78 is 6.20. The number of halogens is 1. The summed E-state index contributed by atoms with van der Waals surface area (Å²) in [5.74, 6) is -0.0886. The highest BCUT2D eigenvalue weighted by atomic mass is 79.9. The van der Waals surface area contributed by atoms with Crippen molar-refractivity contribution in [2.24, 2.45) is 0 Å². The molecule has 0 atom stereocenters.